The largest absolute Gasteiger partial charge is 0.331 e. The normalized spacial score (nSPS) is 18.1. The molecule has 0 aliphatic carbocycles. The van der Waals surface area contributed by atoms with Crippen molar-refractivity contribution in [2.45, 2.75) is 25.4 Å². The third-order valence-corrected chi connectivity index (χ3v) is 5.93. The van der Waals surface area contributed by atoms with Crippen LogP contribution in [0.3, 0.4) is 0 Å². The van der Waals surface area contributed by atoms with Crippen LogP contribution in [0.5, 0.6) is 0 Å². The molecule has 0 bridgehead atoms. The van der Waals surface area contributed by atoms with Gasteiger partial charge in [-0.1, -0.05) is 35.3 Å². The lowest BCUT2D eigenvalue weighted by Crippen LogP contribution is -2.45. The average Bonchev–Trinajstić information content (AvgIpc) is 3.09. The SMILES string of the molecule is CC(NC(=O)N(C)C1CCN(C)C1)c1ccc(-c2cncc(F)n2)c(Cl)c1Cl. The number of halogens is 3. The number of carbonyl (C=O) groups excluding carboxylic acids is 1. The van der Waals surface area contributed by atoms with E-state index in [1.165, 1.54) is 6.20 Å². The van der Waals surface area contributed by atoms with Crippen LogP contribution in [0.1, 0.15) is 24.9 Å². The fraction of sp³-hybridized carbons (Fsp3) is 0.421. The van der Waals surface area contributed by atoms with E-state index in [-0.39, 0.29) is 23.1 Å². The molecule has 28 heavy (non-hydrogen) atoms. The molecule has 1 aromatic heterocycles. The van der Waals surface area contributed by atoms with Gasteiger partial charge >= 0.3 is 6.03 Å². The molecule has 2 unspecified atom stereocenters. The van der Waals surface area contributed by atoms with E-state index in [0.717, 1.165) is 25.7 Å². The molecule has 2 aromatic rings. The third kappa shape index (κ3) is 4.37. The van der Waals surface area contributed by atoms with Crippen molar-refractivity contribution in [2.75, 3.05) is 27.2 Å². The number of hydrogen-bond donors (Lipinski definition) is 1. The van der Waals surface area contributed by atoms with Crippen LogP contribution in [-0.4, -0.2) is 59.0 Å². The van der Waals surface area contributed by atoms with Gasteiger partial charge in [0.05, 0.1) is 34.2 Å². The summed E-state index contributed by atoms with van der Waals surface area (Å²) in [4.78, 5) is 24.1. The lowest BCUT2D eigenvalue weighted by molar-refractivity contribution is 0.187. The second-order valence-electron chi connectivity index (χ2n) is 7.04. The van der Waals surface area contributed by atoms with Crippen LogP contribution in [0, 0.1) is 5.95 Å². The molecule has 1 fully saturated rings. The Hall–Kier alpha value is -1.96. The fourth-order valence-electron chi connectivity index (χ4n) is 3.33. The van der Waals surface area contributed by atoms with Gasteiger partial charge in [-0.3, -0.25) is 4.98 Å². The Bertz CT molecular complexity index is 881. The highest BCUT2D eigenvalue weighted by molar-refractivity contribution is 6.44. The molecule has 2 atom stereocenters. The zero-order valence-corrected chi connectivity index (χ0v) is 17.4. The van der Waals surface area contributed by atoms with Crippen molar-refractivity contribution >= 4 is 29.2 Å². The van der Waals surface area contributed by atoms with Crippen LogP contribution in [0.4, 0.5) is 9.18 Å². The first-order valence-corrected chi connectivity index (χ1v) is 9.71. The van der Waals surface area contributed by atoms with Crippen molar-refractivity contribution in [2.24, 2.45) is 0 Å². The first-order valence-electron chi connectivity index (χ1n) is 8.95. The lowest BCUT2D eigenvalue weighted by Gasteiger charge is -2.27. The maximum atomic E-state index is 13.4. The Morgan fingerprint density at radius 1 is 1.36 bits per heavy atom. The quantitative estimate of drug-likeness (QED) is 0.803. The highest BCUT2D eigenvalue weighted by Gasteiger charge is 2.27. The summed E-state index contributed by atoms with van der Waals surface area (Å²) in [5, 5.41) is 3.50. The van der Waals surface area contributed by atoms with Gasteiger partial charge in [0.1, 0.15) is 0 Å². The van der Waals surface area contributed by atoms with Crippen LogP contribution in [0.15, 0.2) is 24.5 Å². The number of nitrogens with zero attached hydrogens (tertiary/aromatic N) is 4. The van der Waals surface area contributed by atoms with Crippen LogP contribution < -0.4 is 5.32 Å². The standard InChI is InChI=1S/C19H22Cl2FN5O/c1-11(24-19(28)27(3)12-6-7-26(2)10-12)13-4-5-14(18(21)17(13)20)15-8-23-9-16(22)25-15/h4-5,8-9,11-12H,6-7,10H2,1-3H3,(H,24,28). The number of hydrogen-bond acceptors (Lipinski definition) is 4. The predicted molar refractivity (Wildman–Crippen MR) is 108 cm³/mol. The molecule has 6 nitrogen and oxygen atoms in total. The minimum Gasteiger partial charge on any atom is -0.331 e. The van der Waals surface area contributed by atoms with Crippen LogP contribution in [-0.2, 0) is 0 Å². The van der Waals surface area contributed by atoms with Gasteiger partial charge in [0.15, 0.2) is 0 Å². The fourth-order valence-corrected chi connectivity index (χ4v) is 3.92. The smallest absolute Gasteiger partial charge is 0.317 e. The summed E-state index contributed by atoms with van der Waals surface area (Å²) in [5.41, 5.74) is 1.44. The van der Waals surface area contributed by atoms with Gasteiger partial charge in [0.2, 0.25) is 5.95 Å². The number of aromatic nitrogens is 2. The van der Waals surface area contributed by atoms with Gasteiger partial charge in [-0.2, -0.15) is 4.39 Å². The van der Waals surface area contributed by atoms with Crippen LogP contribution in [0.2, 0.25) is 10.0 Å². The summed E-state index contributed by atoms with van der Waals surface area (Å²) in [6.45, 7) is 3.67. The summed E-state index contributed by atoms with van der Waals surface area (Å²) >= 11 is 12.8. The highest BCUT2D eigenvalue weighted by atomic mass is 35.5. The van der Waals surface area contributed by atoms with Crippen LogP contribution >= 0.6 is 23.2 Å². The average molecular weight is 426 g/mol. The Morgan fingerprint density at radius 3 is 2.75 bits per heavy atom. The number of likely N-dealkylation sites (N-methyl/N-ethyl adjacent to an activating group) is 2. The van der Waals surface area contributed by atoms with Gasteiger partial charge in [-0.05, 0) is 32.5 Å². The lowest BCUT2D eigenvalue weighted by atomic mass is 10.0. The van der Waals surface area contributed by atoms with Crippen molar-refractivity contribution in [3.63, 3.8) is 0 Å². The van der Waals surface area contributed by atoms with Crippen molar-refractivity contribution in [3.05, 3.63) is 46.1 Å². The summed E-state index contributed by atoms with van der Waals surface area (Å²) in [7, 11) is 3.84. The topological polar surface area (TPSA) is 61.4 Å². The van der Waals surface area contributed by atoms with E-state index < -0.39 is 5.95 Å². The first-order chi connectivity index (χ1) is 13.3. The summed E-state index contributed by atoms with van der Waals surface area (Å²) in [5.74, 6) is -0.699. The zero-order chi connectivity index (χ0) is 20.4. The second-order valence-corrected chi connectivity index (χ2v) is 7.80. The Kier molecular flexibility index (Phi) is 6.37. The van der Waals surface area contributed by atoms with Gasteiger partial charge < -0.3 is 15.1 Å². The monoisotopic (exact) mass is 425 g/mol. The summed E-state index contributed by atoms with van der Waals surface area (Å²) < 4.78 is 13.4. The van der Waals surface area contributed by atoms with E-state index >= 15 is 0 Å². The van der Waals surface area contributed by atoms with Gasteiger partial charge in [0, 0.05) is 25.2 Å². The molecular formula is C19H22Cl2FN5O. The molecule has 9 heteroatoms. The van der Waals surface area contributed by atoms with Gasteiger partial charge in [-0.15, -0.1) is 0 Å². The Balaban J connectivity index is 1.76. The van der Waals surface area contributed by atoms with Crippen molar-refractivity contribution in [1.29, 1.82) is 0 Å². The first kappa shape index (κ1) is 20.8. The van der Waals surface area contributed by atoms with E-state index in [1.807, 2.05) is 14.0 Å². The predicted octanol–water partition coefficient (Wildman–Crippen LogP) is 4.00. The number of nitrogens with one attached hydrogen (secondary N) is 1. The minimum atomic E-state index is -0.699. The molecule has 1 aliphatic heterocycles. The molecule has 1 N–H and O–H groups in total. The molecule has 0 radical (unpaired) electrons. The number of benzene rings is 1. The second kappa shape index (κ2) is 8.59. The maximum Gasteiger partial charge on any atom is 0.317 e. The minimum absolute atomic E-state index is 0.167. The molecule has 2 amide bonds. The molecule has 0 saturated carbocycles. The van der Waals surface area contributed by atoms with E-state index in [2.05, 4.69) is 20.2 Å². The number of carbonyl (C=O) groups is 1. The number of rotatable bonds is 4. The maximum absolute atomic E-state index is 13.4. The van der Waals surface area contributed by atoms with Gasteiger partial charge in [-0.25, -0.2) is 9.78 Å². The Morgan fingerprint density at radius 2 is 2.11 bits per heavy atom. The molecule has 1 saturated heterocycles. The van der Waals surface area contributed by atoms with E-state index in [4.69, 9.17) is 23.2 Å². The molecule has 0 spiro atoms. The van der Waals surface area contributed by atoms with Crippen LogP contribution in [0.25, 0.3) is 11.3 Å². The van der Waals surface area contributed by atoms with Crippen molar-refractivity contribution in [1.82, 2.24) is 25.1 Å². The number of amides is 2. The number of likely N-dealkylation sites (tertiary alicyclic amines) is 1. The zero-order valence-electron chi connectivity index (χ0n) is 15.9. The molecule has 1 aliphatic rings. The summed E-state index contributed by atoms with van der Waals surface area (Å²) in [6, 6.07) is 3.12. The van der Waals surface area contributed by atoms with Crippen molar-refractivity contribution in [3.8, 4) is 11.3 Å². The summed E-state index contributed by atoms with van der Waals surface area (Å²) in [6.07, 6.45) is 3.38. The van der Waals surface area contributed by atoms with E-state index in [9.17, 15) is 9.18 Å². The molecule has 3 rings (SSSR count). The molecule has 1 aromatic carbocycles. The molecule has 150 valence electrons. The Labute approximate surface area is 173 Å². The van der Waals surface area contributed by atoms with E-state index in [1.54, 1.807) is 24.1 Å². The van der Waals surface area contributed by atoms with Gasteiger partial charge in [0.25, 0.3) is 0 Å². The molecular weight excluding hydrogens is 404 g/mol. The van der Waals surface area contributed by atoms with E-state index in [0.29, 0.717) is 21.8 Å². The highest BCUT2D eigenvalue weighted by Crippen LogP contribution is 2.37. The third-order valence-electron chi connectivity index (χ3n) is 5.03. The number of urea groups is 1. The molecule has 2 heterocycles. The van der Waals surface area contributed by atoms with Crippen molar-refractivity contribution < 1.29 is 9.18 Å².